The lowest BCUT2D eigenvalue weighted by Crippen LogP contribution is -2.16. The van der Waals surface area contributed by atoms with Crippen LogP contribution >= 0.6 is 23.1 Å². The first-order chi connectivity index (χ1) is 12.4. The standard InChI is InChI=1S/C17H24N4O3S2/c1-6-13-19-20-17(21(13)10(3)4)25-9-14(22)18-15-12(8-11(5)26-15)16(23)24-7-2/h8,10H,6-7,9H2,1-5H3,(H,18,22). The number of esters is 1. The molecule has 0 saturated heterocycles. The second-order valence-corrected chi connectivity index (χ2v) is 8.07. The molecule has 2 heterocycles. The van der Waals surface area contributed by atoms with E-state index in [9.17, 15) is 9.59 Å². The molecule has 0 aliphatic carbocycles. The number of carbonyl (C=O) groups is 2. The number of anilines is 1. The number of nitrogens with zero attached hydrogens (tertiary/aromatic N) is 3. The van der Waals surface area contributed by atoms with Crippen LogP contribution in [0, 0.1) is 6.92 Å². The highest BCUT2D eigenvalue weighted by Gasteiger charge is 2.19. The lowest BCUT2D eigenvalue weighted by atomic mass is 10.3. The summed E-state index contributed by atoms with van der Waals surface area (Å²) in [7, 11) is 0. The first kappa shape index (κ1) is 20.4. The Hall–Kier alpha value is -1.87. The average Bonchev–Trinajstić information content (AvgIpc) is 3.16. The predicted octanol–water partition coefficient (Wildman–Crippen LogP) is 3.70. The van der Waals surface area contributed by atoms with Crippen molar-refractivity contribution < 1.29 is 14.3 Å². The van der Waals surface area contributed by atoms with Crippen molar-refractivity contribution in [2.45, 2.75) is 52.2 Å². The largest absolute Gasteiger partial charge is 0.462 e. The fourth-order valence-corrected chi connectivity index (χ4v) is 4.23. The zero-order valence-corrected chi connectivity index (χ0v) is 17.3. The summed E-state index contributed by atoms with van der Waals surface area (Å²) in [6, 6.07) is 1.95. The summed E-state index contributed by atoms with van der Waals surface area (Å²) in [5, 5.41) is 12.4. The van der Waals surface area contributed by atoms with Gasteiger partial charge in [-0.05, 0) is 33.8 Å². The van der Waals surface area contributed by atoms with Gasteiger partial charge in [0, 0.05) is 17.3 Å². The molecule has 9 heteroatoms. The summed E-state index contributed by atoms with van der Waals surface area (Å²) in [4.78, 5) is 25.3. The van der Waals surface area contributed by atoms with Crippen molar-refractivity contribution in [3.63, 3.8) is 0 Å². The lowest BCUT2D eigenvalue weighted by Gasteiger charge is -2.12. The van der Waals surface area contributed by atoms with Gasteiger partial charge in [-0.2, -0.15) is 0 Å². The Morgan fingerprint density at radius 2 is 2.08 bits per heavy atom. The van der Waals surface area contributed by atoms with E-state index in [2.05, 4.69) is 29.4 Å². The van der Waals surface area contributed by atoms with E-state index < -0.39 is 5.97 Å². The third-order valence-electron chi connectivity index (χ3n) is 3.50. The molecule has 0 aliphatic heterocycles. The van der Waals surface area contributed by atoms with Gasteiger partial charge in [-0.25, -0.2) is 4.79 Å². The fraction of sp³-hybridized carbons (Fsp3) is 0.529. The number of aryl methyl sites for hydroxylation is 2. The molecule has 7 nitrogen and oxygen atoms in total. The van der Waals surface area contributed by atoms with Gasteiger partial charge < -0.3 is 14.6 Å². The minimum absolute atomic E-state index is 0.188. The molecule has 0 fully saturated rings. The van der Waals surface area contributed by atoms with E-state index in [0.29, 0.717) is 17.2 Å². The molecule has 0 spiro atoms. The fourth-order valence-electron chi connectivity index (χ4n) is 2.43. The number of thioether (sulfide) groups is 1. The first-order valence-corrected chi connectivity index (χ1v) is 10.3. The Balaban J connectivity index is 2.05. The lowest BCUT2D eigenvalue weighted by molar-refractivity contribution is -0.113. The Kier molecular flexibility index (Phi) is 7.22. The van der Waals surface area contributed by atoms with Crippen LogP contribution in [0.25, 0.3) is 0 Å². The topological polar surface area (TPSA) is 86.1 Å². The number of hydrogen-bond acceptors (Lipinski definition) is 7. The number of nitrogens with one attached hydrogen (secondary N) is 1. The summed E-state index contributed by atoms with van der Waals surface area (Å²) in [6.45, 7) is 10.1. The van der Waals surface area contributed by atoms with Crippen molar-refractivity contribution in [3.05, 3.63) is 22.3 Å². The van der Waals surface area contributed by atoms with Crippen LogP contribution in [-0.2, 0) is 16.0 Å². The van der Waals surface area contributed by atoms with Gasteiger partial charge >= 0.3 is 5.97 Å². The molecule has 0 aromatic carbocycles. The number of rotatable bonds is 8. The van der Waals surface area contributed by atoms with Crippen LogP contribution in [0.15, 0.2) is 11.2 Å². The second-order valence-electron chi connectivity index (χ2n) is 5.87. The van der Waals surface area contributed by atoms with Gasteiger partial charge in [-0.3, -0.25) is 4.79 Å². The van der Waals surface area contributed by atoms with Crippen molar-refractivity contribution in [3.8, 4) is 0 Å². The summed E-state index contributed by atoms with van der Waals surface area (Å²) >= 11 is 2.70. The van der Waals surface area contributed by atoms with Gasteiger partial charge in [0.05, 0.1) is 17.9 Å². The van der Waals surface area contributed by atoms with Gasteiger partial charge in [0.1, 0.15) is 10.8 Å². The van der Waals surface area contributed by atoms with Crippen LogP contribution in [-0.4, -0.2) is 39.0 Å². The van der Waals surface area contributed by atoms with Crippen molar-refractivity contribution in [1.29, 1.82) is 0 Å². The molecule has 0 atom stereocenters. The highest BCUT2D eigenvalue weighted by atomic mass is 32.2. The van der Waals surface area contributed by atoms with E-state index in [-0.39, 0.29) is 17.7 Å². The smallest absolute Gasteiger partial charge is 0.341 e. The molecule has 0 unspecified atom stereocenters. The summed E-state index contributed by atoms with van der Waals surface area (Å²) < 4.78 is 7.08. The van der Waals surface area contributed by atoms with E-state index >= 15 is 0 Å². The molecule has 2 aromatic heterocycles. The van der Waals surface area contributed by atoms with Crippen molar-refractivity contribution in [2.75, 3.05) is 17.7 Å². The molecule has 0 bridgehead atoms. The van der Waals surface area contributed by atoms with Crippen LogP contribution in [0.3, 0.4) is 0 Å². The molecular weight excluding hydrogens is 372 g/mol. The molecule has 2 rings (SSSR count). The van der Waals surface area contributed by atoms with Gasteiger partial charge in [0.2, 0.25) is 5.91 Å². The molecular formula is C17H24N4O3S2. The van der Waals surface area contributed by atoms with E-state index in [1.807, 2.05) is 18.4 Å². The van der Waals surface area contributed by atoms with E-state index in [4.69, 9.17) is 4.74 Å². The number of hydrogen-bond donors (Lipinski definition) is 1. The second kappa shape index (κ2) is 9.18. The predicted molar refractivity (Wildman–Crippen MR) is 104 cm³/mol. The molecule has 142 valence electrons. The van der Waals surface area contributed by atoms with Crippen molar-refractivity contribution >= 4 is 40.0 Å². The number of thiophene rings is 1. The molecule has 0 aliphatic rings. The van der Waals surface area contributed by atoms with Crippen LogP contribution in [0.5, 0.6) is 0 Å². The van der Waals surface area contributed by atoms with Crippen LogP contribution in [0.4, 0.5) is 5.00 Å². The van der Waals surface area contributed by atoms with Crippen molar-refractivity contribution in [1.82, 2.24) is 14.8 Å². The molecule has 26 heavy (non-hydrogen) atoms. The summed E-state index contributed by atoms with van der Waals surface area (Å²) in [6.07, 6.45) is 0.787. The van der Waals surface area contributed by atoms with E-state index in [1.165, 1.54) is 23.1 Å². The molecule has 0 radical (unpaired) electrons. The average molecular weight is 397 g/mol. The number of ether oxygens (including phenoxy) is 1. The minimum Gasteiger partial charge on any atom is -0.462 e. The molecule has 2 aromatic rings. The quantitative estimate of drug-likeness (QED) is 0.541. The monoisotopic (exact) mass is 396 g/mol. The highest BCUT2D eigenvalue weighted by Crippen LogP contribution is 2.29. The van der Waals surface area contributed by atoms with Crippen LogP contribution in [0.2, 0.25) is 0 Å². The van der Waals surface area contributed by atoms with E-state index in [1.54, 1.807) is 13.0 Å². The van der Waals surface area contributed by atoms with Crippen molar-refractivity contribution in [2.24, 2.45) is 0 Å². The molecule has 0 saturated carbocycles. The Labute approximate surface area is 161 Å². The normalized spacial score (nSPS) is 11.0. The Morgan fingerprint density at radius 1 is 1.35 bits per heavy atom. The zero-order chi connectivity index (χ0) is 19.3. The third kappa shape index (κ3) is 4.85. The summed E-state index contributed by atoms with van der Waals surface area (Å²) in [5.74, 6) is 0.473. The van der Waals surface area contributed by atoms with Gasteiger partial charge in [-0.15, -0.1) is 21.5 Å². The summed E-state index contributed by atoms with van der Waals surface area (Å²) in [5.41, 5.74) is 0.395. The Bertz CT molecular complexity index is 783. The maximum atomic E-state index is 12.4. The van der Waals surface area contributed by atoms with Gasteiger partial charge in [-0.1, -0.05) is 18.7 Å². The SMILES string of the molecule is CCOC(=O)c1cc(C)sc1NC(=O)CSc1nnc(CC)n1C(C)C. The third-order valence-corrected chi connectivity index (χ3v) is 5.41. The van der Waals surface area contributed by atoms with Crippen LogP contribution < -0.4 is 5.32 Å². The molecule has 1 N–H and O–H groups in total. The number of carbonyl (C=O) groups excluding carboxylic acids is 2. The maximum absolute atomic E-state index is 12.4. The van der Waals surface area contributed by atoms with Gasteiger partial charge in [0.15, 0.2) is 5.16 Å². The van der Waals surface area contributed by atoms with Crippen LogP contribution in [0.1, 0.15) is 54.8 Å². The number of amides is 1. The molecule has 1 amide bonds. The number of aromatic nitrogens is 3. The van der Waals surface area contributed by atoms with Gasteiger partial charge in [0.25, 0.3) is 0 Å². The maximum Gasteiger partial charge on any atom is 0.341 e. The van der Waals surface area contributed by atoms with E-state index in [0.717, 1.165) is 22.3 Å². The first-order valence-electron chi connectivity index (χ1n) is 8.51. The Morgan fingerprint density at radius 3 is 2.69 bits per heavy atom. The zero-order valence-electron chi connectivity index (χ0n) is 15.7. The highest BCUT2D eigenvalue weighted by molar-refractivity contribution is 7.99. The minimum atomic E-state index is -0.424.